The molecule has 0 atom stereocenters. The maximum Gasteiger partial charge on any atom is 0.255 e. The Morgan fingerprint density at radius 1 is 1.03 bits per heavy atom. The molecule has 0 spiro atoms. The summed E-state index contributed by atoms with van der Waals surface area (Å²) >= 11 is 0. The molecule has 0 radical (unpaired) electrons. The van der Waals surface area contributed by atoms with Crippen LogP contribution in [0.25, 0.3) is 22.2 Å². The smallest absolute Gasteiger partial charge is 0.255 e. The number of amides is 2. The number of hydrogen-bond acceptors (Lipinski definition) is 2. The van der Waals surface area contributed by atoms with Gasteiger partial charge in [0.15, 0.2) is 0 Å². The lowest BCUT2D eigenvalue weighted by Gasteiger charge is -2.22. The molecule has 2 aromatic carbocycles. The Kier molecular flexibility index (Phi) is 7.43. The van der Waals surface area contributed by atoms with E-state index in [-0.39, 0.29) is 11.8 Å². The summed E-state index contributed by atoms with van der Waals surface area (Å²) in [5.74, 6) is -0.168. The van der Waals surface area contributed by atoms with Crippen LogP contribution in [0.3, 0.4) is 0 Å². The van der Waals surface area contributed by atoms with Crippen LogP contribution in [0.5, 0.6) is 0 Å². The molecule has 3 N–H and O–H groups in total. The lowest BCUT2D eigenvalue weighted by Crippen LogP contribution is -2.36. The van der Waals surface area contributed by atoms with E-state index in [1.54, 1.807) is 24.3 Å². The van der Waals surface area contributed by atoms with Crippen LogP contribution >= 0.6 is 0 Å². The Morgan fingerprint density at radius 3 is 2.50 bits per heavy atom. The standard InChI is InChI=1S/C29H31N3O2/c1-3-5-9-20(4-2)28(33)31-25-15-12-21(13-16-25)27-19-23-18-22(14-17-26(23)32-27)29(34)30-24-10-7-6-8-11-24/h3-5,9,12-19,24,32H,1,6-8,10-11H2,2H3,(H,30,34)(H,31,33)/b9-5-,20-4+. The molecule has 1 aromatic heterocycles. The maximum atomic E-state index is 12.7. The van der Waals surface area contributed by atoms with Gasteiger partial charge in [0.2, 0.25) is 0 Å². The van der Waals surface area contributed by atoms with Crippen molar-refractivity contribution in [2.75, 3.05) is 5.32 Å². The molecule has 174 valence electrons. The summed E-state index contributed by atoms with van der Waals surface area (Å²) in [5, 5.41) is 7.10. The summed E-state index contributed by atoms with van der Waals surface area (Å²) in [4.78, 5) is 28.6. The number of aromatic amines is 1. The Morgan fingerprint density at radius 2 is 1.79 bits per heavy atom. The summed E-state index contributed by atoms with van der Waals surface area (Å²) in [6.45, 7) is 5.46. The summed E-state index contributed by atoms with van der Waals surface area (Å²) in [6, 6.07) is 15.8. The van der Waals surface area contributed by atoms with Crippen molar-refractivity contribution in [2.24, 2.45) is 0 Å². The number of carbonyl (C=O) groups is 2. The molecular formula is C29H31N3O2. The first-order chi connectivity index (χ1) is 16.6. The topological polar surface area (TPSA) is 74.0 Å². The molecule has 5 nitrogen and oxygen atoms in total. The Balaban J connectivity index is 1.46. The number of fused-ring (bicyclic) bond motifs is 1. The van der Waals surface area contributed by atoms with E-state index >= 15 is 0 Å². The van der Waals surface area contributed by atoms with Crippen molar-refractivity contribution < 1.29 is 9.59 Å². The predicted octanol–water partition coefficient (Wildman–Crippen LogP) is 6.52. The number of benzene rings is 2. The van der Waals surface area contributed by atoms with Crippen LogP contribution in [0.15, 0.2) is 85.0 Å². The normalized spacial score (nSPS) is 14.9. The number of H-pyrrole nitrogens is 1. The van der Waals surface area contributed by atoms with Crippen LogP contribution in [0, 0.1) is 0 Å². The molecule has 0 aliphatic heterocycles. The molecule has 2 amide bonds. The highest BCUT2D eigenvalue weighted by Gasteiger charge is 2.17. The van der Waals surface area contributed by atoms with Gasteiger partial charge in [-0.15, -0.1) is 0 Å². The third kappa shape index (κ3) is 5.54. The zero-order chi connectivity index (χ0) is 23.9. The molecule has 1 fully saturated rings. The van der Waals surface area contributed by atoms with Gasteiger partial charge in [0.25, 0.3) is 11.8 Å². The quantitative estimate of drug-likeness (QED) is 0.281. The number of aromatic nitrogens is 1. The van der Waals surface area contributed by atoms with E-state index in [1.807, 2.05) is 49.4 Å². The van der Waals surface area contributed by atoms with Crippen molar-refractivity contribution in [1.82, 2.24) is 10.3 Å². The summed E-state index contributed by atoms with van der Waals surface area (Å²) in [5.41, 5.74) is 4.92. The van der Waals surface area contributed by atoms with Gasteiger partial charge in [-0.05, 0) is 67.8 Å². The molecule has 1 aliphatic rings. The average Bonchev–Trinajstić information content (AvgIpc) is 3.29. The molecule has 0 saturated heterocycles. The highest BCUT2D eigenvalue weighted by atomic mass is 16.2. The average molecular weight is 454 g/mol. The van der Waals surface area contributed by atoms with Crippen molar-refractivity contribution >= 4 is 28.4 Å². The summed E-state index contributed by atoms with van der Waals surface area (Å²) in [6.07, 6.45) is 12.6. The predicted molar refractivity (Wildman–Crippen MR) is 140 cm³/mol. The maximum absolute atomic E-state index is 12.7. The van der Waals surface area contributed by atoms with E-state index in [1.165, 1.54) is 19.3 Å². The number of allylic oxidation sites excluding steroid dienone is 3. The number of rotatable bonds is 7. The van der Waals surface area contributed by atoms with E-state index in [0.717, 1.165) is 40.7 Å². The van der Waals surface area contributed by atoms with E-state index in [4.69, 9.17) is 0 Å². The monoisotopic (exact) mass is 453 g/mol. The second-order valence-electron chi connectivity index (χ2n) is 8.66. The van der Waals surface area contributed by atoms with Crippen LogP contribution in [-0.4, -0.2) is 22.8 Å². The fourth-order valence-electron chi connectivity index (χ4n) is 4.36. The van der Waals surface area contributed by atoms with E-state index < -0.39 is 0 Å². The number of carbonyl (C=O) groups excluding carboxylic acids is 2. The van der Waals surface area contributed by atoms with Crippen LogP contribution < -0.4 is 10.6 Å². The van der Waals surface area contributed by atoms with Crippen molar-refractivity contribution in [3.8, 4) is 11.3 Å². The van der Waals surface area contributed by atoms with Gasteiger partial charge in [-0.2, -0.15) is 0 Å². The van der Waals surface area contributed by atoms with Crippen LogP contribution in [0.4, 0.5) is 5.69 Å². The molecule has 1 saturated carbocycles. The number of nitrogens with one attached hydrogen (secondary N) is 3. The number of anilines is 1. The van der Waals surface area contributed by atoms with E-state index in [9.17, 15) is 9.59 Å². The van der Waals surface area contributed by atoms with Gasteiger partial charge in [0.1, 0.15) is 0 Å². The van der Waals surface area contributed by atoms with Gasteiger partial charge in [-0.3, -0.25) is 9.59 Å². The minimum atomic E-state index is -0.169. The van der Waals surface area contributed by atoms with Crippen LogP contribution in [0.2, 0.25) is 0 Å². The van der Waals surface area contributed by atoms with Gasteiger partial charge >= 0.3 is 0 Å². The van der Waals surface area contributed by atoms with Gasteiger partial charge < -0.3 is 15.6 Å². The first kappa shape index (κ1) is 23.3. The lowest BCUT2D eigenvalue weighted by atomic mass is 9.95. The summed E-state index contributed by atoms with van der Waals surface area (Å²) < 4.78 is 0. The van der Waals surface area contributed by atoms with Crippen molar-refractivity contribution in [2.45, 2.75) is 45.1 Å². The highest BCUT2D eigenvalue weighted by molar-refractivity contribution is 6.05. The highest BCUT2D eigenvalue weighted by Crippen LogP contribution is 2.26. The molecule has 3 aromatic rings. The first-order valence-electron chi connectivity index (χ1n) is 11.9. The largest absolute Gasteiger partial charge is 0.355 e. The van der Waals surface area contributed by atoms with Gasteiger partial charge in [0.05, 0.1) is 0 Å². The molecular weight excluding hydrogens is 422 g/mol. The van der Waals surface area contributed by atoms with E-state index in [2.05, 4.69) is 28.3 Å². The Hall–Kier alpha value is -3.86. The number of hydrogen-bond donors (Lipinski definition) is 3. The van der Waals surface area contributed by atoms with Gasteiger partial charge in [-0.25, -0.2) is 0 Å². The zero-order valence-corrected chi connectivity index (χ0v) is 19.6. The fourth-order valence-corrected chi connectivity index (χ4v) is 4.36. The molecule has 1 aliphatic carbocycles. The third-order valence-electron chi connectivity index (χ3n) is 6.26. The molecule has 5 heteroatoms. The SMILES string of the molecule is C=C/C=C\C(=C/C)C(=O)Nc1ccc(-c2cc3cc(C(=O)NC4CCCCC4)ccc3[nH]2)cc1. The second-order valence-corrected chi connectivity index (χ2v) is 8.66. The first-order valence-corrected chi connectivity index (χ1v) is 11.9. The minimum absolute atomic E-state index is 0.0000721. The molecule has 34 heavy (non-hydrogen) atoms. The molecule has 0 bridgehead atoms. The van der Waals surface area contributed by atoms with E-state index in [0.29, 0.717) is 17.2 Å². The zero-order valence-electron chi connectivity index (χ0n) is 19.6. The second kappa shape index (κ2) is 10.8. The van der Waals surface area contributed by atoms with Crippen LogP contribution in [0.1, 0.15) is 49.4 Å². The van der Waals surface area contributed by atoms with Gasteiger partial charge in [0, 0.05) is 39.5 Å². The molecule has 4 rings (SSSR count). The van der Waals surface area contributed by atoms with Crippen LogP contribution in [-0.2, 0) is 4.79 Å². The third-order valence-corrected chi connectivity index (χ3v) is 6.26. The van der Waals surface area contributed by atoms with Crippen molar-refractivity contribution in [3.63, 3.8) is 0 Å². The van der Waals surface area contributed by atoms with Crippen molar-refractivity contribution in [3.05, 3.63) is 90.6 Å². The van der Waals surface area contributed by atoms with Crippen molar-refractivity contribution in [1.29, 1.82) is 0 Å². The van der Waals surface area contributed by atoms with Gasteiger partial charge in [-0.1, -0.05) is 56.2 Å². The molecule has 0 unspecified atom stereocenters. The molecule has 1 heterocycles. The fraction of sp³-hybridized carbons (Fsp3) is 0.241. The Labute approximate surface area is 200 Å². The minimum Gasteiger partial charge on any atom is -0.355 e. The summed E-state index contributed by atoms with van der Waals surface area (Å²) in [7, 11) is 0. The Bertz CT molecular complexity index is 1240. The lowest BCUT2D eigenvalue weighted by molar-refractivity contribution is -0.112.